The summed E-state index contributed by atoms with van der Waals surface area (Å²) in [6.45, 7) is 4.45. The fraction of sp³-hybridized carbons (Fsp3) is 0.650. The van der Waals surface area contributed by atoms with E-state index in [1.165, 1.54) is 31.2 Å². The van der Waals surface area contributed by atoms with Crippen LogP contribution >= 0.6 is 0 Å². The molecule has 5 nitrogen and oxygen atoms in total. The highest BCUT2D eigenvalue weighted by atomic mass is 16.3. The van der Waals surface area contributed by atoms with Crippen molar-refractivity contribution in [1.29, 1.82) is 0 Å². The van der Waals surface area contributed by atoms with Gasteiger partial charge in [-0.15, -0.1) is 0 Å². The number of imidazole rings is 1. The molecule has 0 amide bonds. The Hall–Kier alpha value is -1.43. The van der Waals surface area contributed by atoms with E-state index in [4.69, 9.17) is 4.98 Å². The molecule has 1 aromatic heterocycles. The first-order valence-corrected chi connectivity index (χ1v) is 9.75. The quantitative estimate of drug-likeness (QED) is 0.906. The Morgan fingerprint density at radius 1 is 1.16 bits per heavy atom. The van der Waals surface area contributed by atoms with E-state index >= 15 is 0 Å². The molecule has 1 unspecified atom stereocenters. The first-order valence-electron chi connectivity index (χ1n) is 9.75. The number of aryl methyl sites for hydroxylation is 1. The van der Waals surface area contributed by atoms with Crippen LogP contribution in [0.5, 0.6) is 0 Å². The summed E-state index contributed by atoms with van der Waals surface area (Å²) in [5.41, 5.74) is 2.28. The second-order valence-electron chi connectivity index (χ2n) is 7.65. The number of hydrogen-bond acceptors (Lipinski definition) is 4. The molecule has 0 radical (unpaired) electrons. The number of aliphatic hydroxyl groups excluding tert-OH is 1. The molecule has 5 heteroatoms. The fourth-order valence-electron chi connectivity index (χ4n) is 4.74. The maximum absolute atomic E-state index is 9.53. The second kappa shape index (κ2) is 7.44. The van der Waals surface area contributed by atoms with Crippen LogP contribution in [0, 0.1) is 0 Å². The van der Waals surface area contributed by atoms with Crippen molar-refractivity contribution in [3.63, 3.8) is 0 Å². The number of hydrogen-bond donors (Lipinski definition) is 1. The van der Waals surface area contributed by atoms with Gasteiger partial charge >= 0.3 is 0 Å². The number of nitrogens with zero attached hydrogens (tertiary/aromatic N) is 4. The van der Waals surface area contributed by atoms with E-state index in [0.29, 0.717) is 6.04 Å². The lowest BCUT2D eigenvalue weighted by Gasteiger charge is -2.44. The van der Waals surface area contributed by atoms with Gasteiger partial charge in [0, 0.05) is 45.4 Å². The van der Waals surface area contributed by atoms with Crippen LogP contribution in [0.3, 0.4) is 0 Å². The first-order chi connectivity index (χ1) is 12.3. The van der Waals surface area contributed by atoms with Crippen molar-refractivity contribution in [1.82, 2.24) is 19.4 Å². The maximum Gasteiger partial charge on any atom is 0.123 e. The topological polar surface area (TPSA) is 44.5 Å². The van der Waals surface area contributed by atoms with E-state index in [1.807, 2.05) is 0 Å². The average Bonchev–Trinajstić information content (AvgIpc) is 3.25. The van der Waals surface area contributed by atoms with Crippen LogP contribution in [0.15, 0.2) is 24.3 Å². The highest BCUT2D eigenvalue weighted by molar-refractivity contribution is 5.75. The van der Waals surface area contributed by atoms with Crippen molar-refractivity contribution in [2.45, 2.75) is 50.7 Å². The average molecular weight is 342 g/mol. The highest BCUT2D eigenvalue weighted by Gasteiger charge is 2.33. The molecule has 1 saturated heterocycles. The Balaban J connectivity index is 1.46. The summed E-state index contributed by atoms with van der Waals surface area (Å²) >= 11 is 0. The minimum atomic E-state index is 0.286. The zero-order valence-corrected chi connectivity index (χ0v) is 15.3. The van der Waals surface area contributed by atoms with Gasteiger partial charge in [-0.1, -0.05) is 25.0 Å². The van der Waals surface area contributed by atoms with Crippen LogP contribution in [0.4, 0.5) is 0 Å². The molecule has 0 spiro atoms. The molecule has 0 bridgehead atoms. The van der Waals surface area contributed by atoms with E-state index in [2.05, 4.69) is 45.7 Å². The summed E-state index contributed by atoms with van der Waals surface area (Å²) in [5.74, 6) is 1.14. The molecular weight excluding hydrogens is 312 g/mol. The van der Waals surface area contributed by atoms with E-state index in [1.54, 1.807) is 0 Å². The minimum Gasteiger partial charge on any atom is -0.396 e. The van der Waals surface area contributed by atoms with E-state index in [0.717, 1.165) is 50.0 Å². The number of aromatic nitrogens is 2. The van der Waals surface area contributed by atoms with Crippen LogP contribution in [0.1, 0.15) is 37.9 Å². The van der Waals surface area contributed by atoms with Gasteiger partial charge in [-0.3, -0.25) is 9.80 Å². The molecular formula is C20H30N4O. The number of aliphatic hydroxyl groups is 1. The number of para-hydroxylation sites is 2. The Morgan fingerprint density at radius 2 is 1.96 bits per heavy atom. The fourth-order valence-corrected chi connectivity index (χ4v) is 4.74. The molecule has 1 aliphatic heterocycles. The molecule has 2 fully saturated rings. The van der Waals surface area contributed by atoms with Crippen molar-refractivity contribution < 1.29 is 5.11 Å². The third kappa shape index (κ3) is 3.46. The van der Waals surface area contributed by atoms with Crippen molar-refractivity contribution >= 4 is 11.0 Å². The molecule has 2 aromatic rings. The van der Waals surface area contributed by atoms with Gasteiger partial charge in [0.05, 0.1) is 17.6 Å². The molecule has 136 valence electrons. The first kappa shape index (κ1) is 17.0. The summed E-state index contributed by atoms with van der Waals surface area (Å²) in [4.78, 5) is 10.0. The summed E-state index contributed by atoms with van der Waals surface area (Å²) in [6.07, 6.45) is 6.31. The Kier molecular flexibility index (Phi) is 5.06. The van der Waals surface area contributed by atoms with Gasteiger partial charge in [0.2, 0.25) is 0 Å². The van der Waals surface area contributed by atoms with Gasteiger partial charge in [-0.2, -0.15) is 0 Å². The predicted octanol–water partition coefficient (Wildman–Crippen LogP) is 2.38. The second-order valence-corrected chi connectivity index (χ2v) is 7.65. The summed E-state index contributed by atoms with van der Waals surface area (Å²) in [7, 11) is 2.12. The van der Waals surface area contributed by atoms with Crippen LogP contribution in [0.2, 0.25) is 0 Å². The molecule has 2 aliphatic rings. The van der Waals surface area contributed by atoms with Gasteiger partial charge in [0.25, 0.3) is 0 Å². The largest absolute Gasteiger partial charge is 0.396 e. The zero-order chi connectivity index (χ0) is 17.2. The number of rotatable bonds is 5. The molecule has 25 heavy (non-hydrogen) atoms. The lowest BCUT2D eigenvalue weighted by Crippen LogP contribution is -2.56. The molecule has 1 saturated carbocycles. The Bertz CT molecular complexity index is 707. The summed E-state index contributed by atoms with van der Waals surface area (Å²) in [6, 6.07) is 9.58. The molecule has 1 aliphatic carbocycles. The van der Waals surface area contributed by atoms with E-state index < -0.39 is 0 Å². The Labute approximate surface area is 150 Å². The van der Waals surface area contributed by atoms with Gasteiger partial charge in [-0.25, -0.2) is 4.98 Å². The third-order valence-electron chi connectivity index (χ3n) is 6.11. The van der Waals surface area contributed by atoms with E-state index in [-0.39, 0.29) is 6.61 Å². The summed E-state index contributed by atoms with van der Waals surface area (Å²) in [5, 5.41) is 9.53. The molecule has 1 atom stereocenters. The van der Waals surface area contributed by atoms with Gasteiger partial charge in [0.15, 0.2) is 0 Å². The monoisotopic (exact) mass is 342 g/mol. The molecule has 1 N–H and O–H groups in total. The lowest BCUT2D eigenvalue weighted by atomic mass is 10.0. The molecule has 2 heterocycles. The number of fused-ring (bicyclic) bond motifs is 1. The van der Waals surface area contributed by atoms with Crippen molar-refractivity contribution in [2.24, 2.45) is 7.05 Å². The van der Waals surface area contributed by atoms with Gasteiger partial charge in [0.1, 0.15) is 5.82 Å². The van der Waals surface area contributed by atoms with Gasteiger partial charge in [-0.05, 0) is 31.4 Å². The highest BCUT2D eigenvalue weighted by Crippen LogP contribution is 2.28. The van der Waals surface area contributed by atoms with Crippen LogP contribution < -0.4 is 0 Å². The predicted molar refractivity (Wildman–Crippen MR) is 100 cm³/mol. The smallest absolute Gasteiger partial charge is 0.123 e. The van der Waals surface area contributed by atoms with Crippen molar-refractivity contribution in [3.05, 3.63) is 30.1 Å². The minimum absolute atomic E-state index is 0.286. The van der Waals surface area contributed by atoms with E-state index in [9.17, 15) is 5.11 Å². The summed E-state index contributed by atoms with van der Waals surface area (Å²) < 4.78 is 2.22. The van der Waals surface area contributed by atoms with Crippen LogP contribution in [-0.2, 0) is 13.6 Å². The van der Waals surface area contributed by atoms with Gasteiger partial charge < -0.3 is 9.67 Å². The number of benzene rings is 1. The normalized spacial score (nSPS) is 23.7. The number of piperazine rings is 1. The maximum atomic E-state index is 9.53. The molecule has 4 rings (SSSR count). The van der Waals surface area contributed by atoms with Crippen LogP contribution in [-0.4, -0.2) is 62.8 Å². The van der Waals surface area contributed by atoms with Crippen molar-refractivity contribution in [2.75, 3.05) is 26.2 Å². The van der Waals surface area contributed by atoms with Crippen molar-refractivity contribution in [3.8, 4) is 0 Å². The molecule has 1 aromatic carbocycles. The third-order valence-corrected chi connectivity index (χ3v) is 6.11. The zero-order valence-electron chi connectivity index (χ0n) is 15.3. The Morgan fingerprint density at radius 3 is 2.72 bits per heavy atom. The lowest BCUT2D eigenvalue weighted by molar-refractivity contribution is 0.0255. The van der Waals surface area contributed by atoms with Crippen LogP contribution in [0.25, 0.3) is 11.0 Å². The SMILES string of the molecule is Cn1c(CN2CCN(C3CCCC3)C(CCO)C2)nc2ccccc21. The standard InChI is InChI=1S/C20H30N4O/c1-22-19-9-5-4-8-18(19)21-20(22)15-23-11-12-24(16-6-2-3-7-16)17(14-23)10-13-25/h4-5,8-9,16-17,25H,2-3,6-7,10-15H2,1H3.